The van der Waals surface area contributed by atoms with Crippen LogP contribution in [0.25, 0.3) is 0 Å². The van der Waals surface area contributed by atoms with Crippen LogP contribution in [0, 0.1) is 5.82 Å². The molecule has 0 aliphatic rings. The Hall–Kier alpha value is -1.69. The average Bonchev–Trinajstić information content (AvgIpc) is 2.25. The number of nitrogens with zero attached hydrogens (tertiary/aromatic N) is 2. The number of nitrogens with one attached hydrogen (secondary N) is 1. The summed E-state index contributed by atoms with van der Waals surface area (Å²) in [6.45, 7) is 0. The summed E-state index contributed by atoms with van der Waals surface area (Å²) in [5.41, 5.74) is 6.19. The van der Waals surface area contributed by atoms with Gasteiger partial charge in [-0.1, -0.05) is 6.07 Å². The van der Waals surface area contributed by atoms with E-state index in [0.29, 0.717) is 21.8 Å². The van der Waals surface area contributed by atoms with Crippen LogP contribution >= 0.6 is 15.9 Å². The fraction of sp³-hybridized carbons (Fsp3) is 0. The number of hydrogen-bond acceptors (Lipinski definition) is 4. The van der Waals surface area contributed by atoms with E-state index in [-0.39, 0.29) is 5.82 Å². The Morgan fingerprint density at radius 1 is 1.31 bits per heavy atom. The molecule has 1 aromatic heterocycles. The van der Waals surface area contributed by atoms with Crippen LogP contribution in [-0.2, 0) is 0 Å². The lowest BCUT2D eigenvalue weighted by Crippen LogP contribution is -1.99. The molecule has 2 rings (SSSR count). The second-order valence-electron chi connectivity index (χ2n) is 3.06. The largest absolute Gasteiger partial charge is 0.383 e. The Bertz CT molecular complexity index is 518. The van der Waals surface area contributed by atoms with Gasteiger partial charge in [-0.15, -0.1) is 0 Å². The minimum Gasteiger partial charge on any atom is -0.383 e. The van der Waals surface area contributed by atoms with Gasteiger partial charge >= 0.3 is 0 Å². The van der Waals surface area contributed by atoms with E-state index in [2.05, 4.69) is 31.2 Å². The number of nitrogen functional groups attached to an aromatic ring is 1. The average molecular weight is 283 g/mol. The third kappa shape index (κ3) is 2.27. The van der Waals surface area contributed by atoms with Crippen LogP contribution in [0.2, 0.25) is 0 Å². The summed E-state index contributed by atoms with van der Waals surface area (Å²) in [7, 11) is 0. The molecule has 0 amide bonds. The fourth-order valence-electron chi connectivity index (χ4n) is 1.17. The lowest BCUT2D eigenvalue weighted by molar-refractivity contribution is 0.628. The molecular weight excluding hydrogens is 275 g/mol. The molecule has 16 heavy (non-hydrogen) atoms. The van der Waals surface area contributed by atoms with Gasteiger partial charge in [0.2, 0.25) is 0 Å². The van der Waals surface area contributed by atoms with E-state index in [4.69, 9.17) is 5.73 Å². The van der Waals surface area contributed by atoms with E-state index < -0.39 is 0 Å². The first-order valence-electron chi connectivity index (χ1n) is 4.45. The predicted octanol–water partition coefficient (Wildman–Crippen LogP) is 2.70. The molecule has 6 heteroatoms. The Morgan fingerprint density at radius 2 is 2.12 bits per heavy atom. The van der Waals surface area contributed by atoms with E-state index in [1.807, 2.05) is 0 Å². The van der Waals surface area contributed by atoms with Crippen molar-refractivity contribution in [1.29, 1.82) is 0 Å². The Balaban J connectivity index is 2.31. The number of anilines is 3. The maximum absolute atomic E-state index is 12.9. The summed E-state index contributed by atoms with van der Waals surface area (Å²) in [5.74, 6) is 0.509. The second kappa shape index (κ2) is 4.44. The number of hydrogen-bond donors (Lipinski definition) is 2. The number of aromatic nitrogens is 2. The van der Waals surface area contributed by atoms with Gasteiger partial charge in [0, 0.05) is 5.69 Å². The lowest BCUT2D eigenvalue weighted by atomic mass is 10.3. The van der Waals surface area contributed by atoms with Gasteiger partial charge in [-0.25, -0.2) is 14.4 Å². The normalized spacial score (nSPS) is 10.1. The van der Waals surface area contributed by atoms with Crippen molar-refractivity contribution < 1.29 is 4.39 Å². The van der Waals surface area contributed by atoms with Gasteiger partial charge < -0.3 is 11.1 Å². The lowest BCUT2D eigenvalue weighted by Gasteiger charge is -2.07. The van der Waals surface area contributed by atoms with Crippen LogP contribution in [0.15, 0.2) is 35.1 Å². The van der Waals surface area contributed by atoms with E-state index in [1.165, 1.54) is 18.5 Å². The molecule has 82 valence electrons. The number of benzene rings is 1. The molecular formula is C10H8BrFN4. The van der Waals surface area contributed by atoms with Crippen LogP contribution in [0.5, 0.6) is 0 Å². The van der Waals surface area contributed by atoms with Crippen molar-refractivity contribution in [2.45, 2.75) is 0 Å². The molecule has 0 saturated heterocycles. The standard InChI is InChI=1S/C10H8BrFN4/c11-8-9(13)14-5-15-10(8)16-7-3-1-2-6(12)4-7/h1-5H,(H3,13,14,15,16). The van der Waals surface area contributed by atoms with Crippen molar-refractivity contribution in [2.75, 3.05) is 11.1 Å². The molecule has 0 saturated carbocycles. The monoisotopic (exact) mass is 282 g/mol. The molecule has 2 aromatic rings. The minimum absolute atomic E-state index is 0.317. The molecule has 1 aromatic carbocycles. The predicted molar refractivity (Wildman–Crippen MR) is 63.8 cm³/mol. The number of halogens is 2. The van der Waals surface area contributed by atoms with E-state index in [1.54, 1.807) is 12.1 Å². The smallest absolute Gasteiger partial charge is 0.150 e. The van der Waals surface area contributed by atoms with Crippen molar-refractivity contribution >= 4 is 33.3 Å². The van der Waals surface area contributed by atoms with Crippen molar-refractivity contribution in [1.82, 2.24) is 9.97 Å². The molecule has 0 aliphatic carbocycles. The molecule has 0 aliphatic heterocycles. The molecule has 0 spiro atoms. The molecule has 0 unspecified atom stereocenters. The van der Waals surface area contributed by atoms with Crippen LogP contribution in [0.1, 0.15) is 0 Å². The van der Waals surface area contributed by atoms with E-state index >= 15 is 0 Å². The summed E-state index contributed by atoms with van der Waals surface area (Å²) in [4.78, 5) is 7.80. The zero-order valence-electron chi connectivity index (χ0n) is 8.11. The van der Waals surface area contributed by atoms with Gasteiger partial charge in [0.05, 0.1) is 0 Å². The first kappa shape index (κ1) is 10.8. The highest BCUT2D eigenvalue weighted by molar-refractivity contribution is 9.10. The molecule has 0 radical (unpaired) electrons. The SMILES string of the molecule is Nc1ncnc(Nc2cccc(F)c2)c1Br. The van der Waals surface area contributed by atoms with Crippen LogP contribution in [0.3, 0.4) is 0 Å². The van der Waals surface area contributed by atoms with E-state index in [0.717, 1.165) is 0 Å². The van der Waals surface area contributed by atoms with Gasteiger partial charge in [-0.3, -0.25) is 0 Å². The molecule has 3 N–H and O–H groups in total. The van der Waals surface area contributed by atoms with Gasteiger partial charge in [0.1, 0.15) is 28.3 Å². The first-order chi connectivity index (χ1) is 7.66. The maximum atomic E-state index is 12.9. The number of nitrogens with two attached hydrogens (primary N) is 1. The Kier molecular flexibility index (Phi) is 3.00. The van der Waals surface area contributed by atoms with Crippen molar-refractivity contribution in [3.8, 4) is 0 Å². The molecule has 0 atom stereocenters. The molecule has 0 bridgehead atoms. The Labute approximate surface area is 99.9 Å². The van der Waals surface area contributed by atoms with Crippen LogP contribution in [-0.4, -0.2) is 9.97 Å². The van der Waals surface area contributed by atoms with Crippen LogP contribution in [0.4, 0.5) is 21.7 Å². The van der Waals surface area contributed by atoms with E-state index in [9.17, 15) is 4.39 Å². The topological polar surface area (TPSA) is 63.8 Å². The molecule has 1 heterocycles. The van der Waals surface area contributed by atoms with Gasteiger partial charge in [0.15, 0.2) is 0 Å². The van der Waals surface area contributed by atoms with Crippen molar-refractivity contribution in [3.63, 3.8) is 0 Å². The van der Waals surface area contributed by atoms with Crippen molar-refractivity contribution in [3.05, 3.63) is 40.9 Å². The zero-order valence-corrected chi connectivity index (χ0v) is 9.70. The summed E-state index contributed by atoms with van der Waals surface area (Å²) in [5, 5.41) is 2.94. The third-order valence-electron chi connectivity index (χ3n) is 1.90. The number of rotatable bonds is 2. The highest BCUT2D eigenvalue weighted by Crippen LogP contribution is 2.26. The van der Waals surface area contributed by atoms with Crippen molar-refractivity contribution in [2.24, 2.45) is 0 Å². The highest BCUT2D eigenvalue weighted by Gasteiger charge is 2.06. The minimum atomic E-state index is -0.317. The summed E-state index contributed by atoms with van der Waals surface area (Å²) >= 11 is 3.25. The zero-order chi connectivity index (χ0) is 11.5. The summed E-state index contributed by atoms with van der Waals surface area (Å²) in [6.07, 6.45) is 1.34. The second-order valence-corrected chi connectivity index (χ2v) is 3.85. The van der Waals surface area contributed by atoms with Crippen LogP contribution < -0.4 is 11.1 Å². The van der Waals surface area contributed by atoms with Gasteiger partial charge in [0.25, 0.3) is 0 Å². The molecule has 0 fully saturated rings. The third-order valence-corrected chi connectivity index (χ3v) is 2.69. The first-order valence-corrected chi connectivity index (χ1v) is 5.24. The fourth-order valence-corrected chi connectivity index (χ4v) is 1.48. The van der Waals surface area contributed by atoms with Gasteiger partial charge in [-0.05, 0) is 34.1 Å². The highest BCUT2D eigenvalue weighted by atomic mass is 79.9. The molecule has 4 nitrogen and oxygen atoms in total. The Morgan fingerprint density at radius 3 is 2.88 bits per heavy atom. The summed E-state index contributed by atoms with van der Waals surface area (Å²) < 4.78 is 13.5. The van der Waals surface area contributed by atoms with Gasteiger partial charge in [-0.2, -0.15) is 0 Å². The maximum Gasteiger partial charge on any atom is 0.150 e. The quantitative estimate of drug-likeness (QED) is 0.889. The summed E-state index contributed by atoms with van der Waals surface area (Å²) in [6, 6.07) is 6.07.